The average molecular weight is 318 g/mol. The lowest BCUT2D eigenvalue weighted by Gasteiger charge is -2.08. The second-order valence-corrected chi connectivity index (χ2v) is 5.70. The van der Waals surface area contributed by atoms with Crippen LogP contribution in [0.5, 0.6) is 5.75 Å². The summed E-state index contributed by atoms with van der Waals surface area (Å²) in [6.45, 7) is 0. The molecule has 2 rings (SSSR count). The van der Waals surface area contributed by atoms with Crippen LogP contribution in [0.25, 0.3) is 0 Å². The van der Waals surface area contributed by atoms with Gasteiger partial charge in [-0.15, -0.1) is 0 Å². The van der Waals surface area contributed by atoms with Crippen molar-refractivity contribution >= 4 is 27.4 Å². The van der Waals surface area contributed by atoms with Crippen LogP contribution in [0.15, 0.2) is 35.5 Å². The number of halogens is 2. The second kappa shape index (κ2) is 5.59. The number of benzene rings is 1. The number of nitrogens with one attached hydrogen (secondary N) is 1. The summed E-state index contributed by atoms with van der Waals surface area (Å²) in [7, 11) is -2.70. The SMILES string of the molecule is COc1ccc(S(=O)(=O)Nc2cncc(Cl)n2)cc1F. The maximum Gasteiger partial charge on any atom is 0.263 e. The third kappa shape index (κ3) is 3.14. The van der Waals surface area contributed by atoms with Gasteiger partial charge in [0, 0.05) is 0 Å². The number of nitrogens with zero attached hydrogens (tertiary/aromatic N) is 2. The molecular formula is C11H9ClFN3O3S. The molecule has 0 fully saturated rings. The van der Waals surface area contributed by atoms with E-state index in [-0.39, 0.29) is 21.6 Å². The summed E-state index contributed by atoms with van der Waals surface area (Å²) in [5, 5.41) is 0.0334. The molecule has 1 aromatic heterocycles. The Morgan fingerprint density at radius 2 is 2.10 bits per heavy atom. The molecule has 0 unspecified atom stereocenters. The Kier molecular flexibility index (Phi) is 4.05. The first kappa shape index (κ1) is 14.5. The zero-order valence-corrected chi connectivity index (χ0v) is 11.7. The molecule has 20 heavy (non-hydrogen) atoms. The van der Waals surface area contributed by atoms with Gasteiger partial charge in [-0.3, -0.25) is 9.71 Å². The molecule has 0 aliphatic rings. The molecule has 0 saturated carbocycles. The van der Waals surface area contributed by atoms with Crippen LogP contribution < -0.4 is 9.46 Å². The first-order valence-electron chi connectivity index (χ1n) is 5.26. The second-order valence-electron chi connectivity index (χ2n) is 3.63. The highest BCUT2D eigenvalue weighted by Crippen LogP contribution is 2.22. The molecule has 0 bridgehead atoms. The molecule has 0 atom stereocenters. The van der Waals surface area contributed by atoms with Crippen molar-refractivity contribution in [3.63, 3.8) is 0 Å². The van der Waals surface area contributed by atoms with Gasteiger partial charge in [0.15, 0.2) is 17.4 Å². The summed E-state index contributed by atoms with van der Waals surface area (Å²) in [5.41, 5.74) is 0. The van der Waals surface area contributed by atoms with Crippen LogP contribution in [0, 0.1) is 5.82 Å². The molecular weight excluding hydrogens is 309 g/mol. The minimum atomic E-state index is -3.98. The van der Waals surface area contributed by atoms with E-state index in [0.29, 0.717) is 0 Å². The van der Waals surface area contributed by atoms with Crippen molar-refractivity contribution in [1.29, 1.82) is 0 Å². The summed E-state index contributed by atoms with van der Waals surface area (Å²) in [6, 6.07) is 3.27. The fourth-order valence-corrected chi connectivity index (χ4v) is 2.55. The van der Waals surface area contributed by atoms with Crippen LogP contribution >= 0.6 is 11.6 Å². The molecule has 2 aromatic rings. The molecule has 0 spiro atoms. The Bertz CT molecular complexity index is 739. The van der Waals surface area contributed by atoms with E-state index in [4.69, 9.17) is 16.3 Å². The van der Waals surface area contributed by atoms with E-state index in [1.807, 2.05) is 0 Å². The lowest BCUT2D eigenvalue weighted by molar-refractivity contribution is 0.385. The van der Waals surface area contributed by atoms with Gasteiger partial charge in [0.2, 0.25) is 0 Å². The molecule has 1 aromatic carbocycles. The molecule has 0 radical (unpaired) electrons. The summed E-state index contributed by atoms with van der Waals surface area (Å²) >= 11 is 5.60. The maximum atomic E-state index is 13.5. The Hall–Kier alpha value is -1.93. The van der Waals surface area contributed by atoms with Crippen LogP contribution in [0.3, 0.4) is 0 Å². The average Bonchev–Trinajstić information content (AvgIpc) is 2.38. The normalized spacial score (nSPS) is 11.2. The van der Waals surface area contributed by atoms with Crippen LogP contribution in [0.2, 0.25) is 5.15 Å². The number of sulfonamides is 1. The quantitative estimate of drug-likeness (QED) is 0.933. The molecule has 9 heteroatoms. The predicted molar refractivity (Wildman–Crippen MR) is 70.8 cm³/mol. The van der Waals surface area contributed by atoms with Crippen molar-refractivity contribution in [3.05, 3.63) is 41.6 Å². The predicted octanol–water partition coefficient (Wildman–Crippen LogP) is 2.08. The Morgan fingerprint density at radius 1 is 1.35 bits per heavy atom. The van der Waals surface area contributed by atoms with Crippen molar-refractivity contribution < 1.29 is 17.5 Å². The topological polar surface area (TPSA) is 81.2 Å². The third-order valence-corrected chi connectivity index (χ3v) is 3.81. The van der Waals surface area contributed by atoms with Gasteiger partial charge in [-0.2, -0.15) is 0 Å². The Balaban J connectivity index is 2.33. The van der Waals surface area contributed by atoms with Gasteiger partial charge in [-0.25, -0.2) is 17.8 Å². The smallest absolute Gasteiger partial charge is 0.263 e. The molecule has 0 saturated heterocycles. The van der Waals surface area contributed by atoms with E-state index in [0.717, 1.165) is 6.07 Å². The van der Waals surface area contributed by atoms with Gasteiger partial charge in [0.1, 0.15) is 5.15 Å². The van der Waals surface area contributed by atoms with Crippen molar-refractivity contribution in [2.45, 2.75) is 4.90 Å². The minimum absolute atomic E-state index is 0.0334. The molecule has 106 valence electrons. The molecule has 0 aliphatic heterocycles. The highest BCUT2D eigenvalue weighted by molar-refractivity contribution is 7.92. The van der Waals surface area contributed by atoms with Crippen LogP contribution in [-0.4, -0.2) is 25.5 Å². The van der Waals surface area contributed by atoms with E-state index in [1.165, 1.54) is 31.6 Å². The number of hydrogen-bond donors (Lipinski definition) is 1. The molecule has 1 heterocycles. The highest BCUT2D eigenvalue weighted by Gasteiger charge is 2.17. The van der Waals surface area contributed by atoms with Crippen LogP contribution in [0.1, 0.15) is 0 Å². The van der Waals surface area contributed by atoms with Crippen LogP contribution in [-0.2, 0) is 10.0 Å². The molecule has 6 nitrogen and oxygen atoms in total. The van der Waals surface area contributed by atoms with Gasteiger partial charge < -0.3 is 4.74 Å². The molecule has 0 aliphatic carbocycles. The Labute approximate surface area is 119 Å². The molecule has 1 N–H and O–H groups in total. The fraction of sp³-hybridized carbons (Fsp3) is 0.0909. The lowest BCUT2D eigenvalue weighted by atomic mass is 10.3. The lowest BCUT2D eigenvalue weighted by Crippen LogP contribution is -2.14. The zero-order chi connectivity index (χ0) is 14.8. The van der Waals surface area contributed by atoms with E-state index < -0.39 is 15.8 Å². The number of anilines is 1. The monoisotopic (exact) mass is 317 g/mol. The third-order valence-electron chi connectivity index (χ3n) is 2.28. The number of ether oxygens (including phenoxy) is 1. The largest absolute Gasteiger partial charge is 0.494 e. The van der Waals surface area contributed by atoms with Crippen molar-refractivity contribution in [2.24, 2.45) is 0 Å². The fourth-order valence-electron chi connectivity index (χ4n) is 1.40. The molecule has 0 amide bonds. The van der Waals surface area contributed by atoms with Crippen molar-refractivity contribution in [3.8, 4) is 5.75 Å². The number of methoxy groups -OCH3 is 1. The van der Waals surface area contributed by atoms with E-state index >= 15 is 0 Å². The van der Waals surface area contributed by atoms with E-state index in [9.17, 15) is 12.8 Å². The van der Waals surface area contributed by atoms with Crippen molar-refractivity contribution in [1.82, 2.24) is 9.97 Å². The van der Waals surface area contributed by atoms with Crippen LogP contribution in [0.4, 0.5) is 10.2 Å². The van der Waals surface area contributed by atoms with Gasteiger partial charge in [-0.05, 0) is 18.2 Å². The number of rotatable bonds is 4. The first-order valence-corrected chi connectivity index (χ1v) is 7.12. The van der Waals surface area contributed by atoms with Gasteiger partial charge in [0.25, 0.3) is 10.0 Å². The standard InChI is InChI=1S/C11H9ClFN3O3S/c1-19-9-3-2-7(4-8(9)13)20(17,18)16-11-6-14-5-10(12)15-11/h2-6H,1H3,(H,15,16). The van der Waals surface area contributed by atoms with Crippen molar-refractivity contribution in [2.75, 3.05) is 11.8 Å². The summed E-state index contributed by atoms with van der Waals surface area (Å²) < 4.78 is 44.5. The minimum Gasteiger partial charge on any atom is -0.494 e. The van der Waals surface area contributed by atoms with E-state index in [1.54, 1.807) is 0 Å². The zero-order valence-electron chi connectivity index (χ0n) is 10.2. The van der Waals surface area contributed by atoms with E-state index in [2.05, 4.69) is 14.7 Å². The Morgan fingerprint density at radius 3 is 2.70 bits per heavy atom. The number of hydrogen-bond acceptors (Lipinski definition) is 5. The summed E-state index contributed by atoms with van der Waals surface area (Å²) in [5.74, 6) is -0.896. The first-order chi connectivity index (χ1) is 9.42. The van der Waals surface area contributed by atoms with Gasteiger partial charge >= 0.3 is 0 Å². The summed E-state index contributed by atoms with van der Waals surface area (Å²) in [4.78, 5) is 7.16. The number of aromatic nitrogens is 2. The van der Waals surface area contributed by atoms with Gasteiger partial charge in [-0.1, -0.05) is 11.6 Å². The van der Waals surface area contributed by atoms with Gasteiger partial charge in [0.05, 0.1) is 24.4 Å². The maximum absolute atomic E-state index is 13.5. The highest BCUT2D eigenvalue weighted by atomic mass is 35.5. The summed E-state index contributed by atoms with van der Waals surface area (Å²) in [6.07, 6.45) is 2.44.